The Morgan fingerprint density at radius 3 is 2.24 bits per heavy atom. The monoisotopic (exact) mass is 379 g/mol. The van der Waals surface area contributed by atoms with E-state index in [2.05, 4.69) is 17.4 Å². The van der Waals surface area contributed by atoms with E-state index in [9.17, 15) is 4.79 Å². The summed E-state index contributed by atoms with van der Waals surface area (Å²) in [4.78, 5) is 15.3. The molecule has 1 aromatic heterocycles. The van der Waals surface area contributed by atoms with Gasteiger partial charge in [-0.25, -0.2) is 0 Å². The zero-order valence-corrected chi connectivity index (χ0v) is 15.9. The first kappa shape index (κ1) is 17.3. The Balaban J connectivity index is 1.47. The van der Waals surface area contributed by atoms with Gasteiger partial charge in [0.1, 0.15) is 0 Å². The summed E-state index contributed by atoms with van der Waals surface area (Å²) in [5, 5.41) is 3.58. The van der Waals surface area contributed by atoms with E-state index in [-0.39, 0.29) is 11.9 Å². The lowest BCUT2D eigenvalue weighted by atomic mass is 10.0. The van der Waals surface area contributed by atoms with Crippen molar-refractivity contribution in [2.24, 2.45) is 0 Å². The molecular formula is C25H21N3O. The second-order valence-corrected chi connectivity index (χ2v) is 7.18. The van der Waals surface area contributed by atoms with Crippen molar-refractivity contribution in [3.8, 4) is 5.69 Å². The van der Waals surface area contributed by atoms with Crippen LogP contribution < -0.4 is 10.2 Å². The molecule has 1 aliphatic rings. The zero-order valence-electron chi connectivity index (χ0n) is 15.9. The van der Waals surface area contributed by atoms with Gasteiger partial charge in [0, 0.05) is 23.6 Å². The molecule has 0 radical (unpaired) electrons. The van der Waals surface area contributed by atoms with Crippen LogP contribution in [0, 0.1) is 0 Å². The lowest BCUT2D eigenvalue weighted by Crippen LogP contribution is -2.40. The molecule has 0 spiro atoms. The Morgan fingerprint density at radius 1 is 0.793 bits per heavy atom. The van der Waals surface area contributed by atoms with Gasteiger partial charge in [-0.05, 0) is 54.1 Å². The van der Waals surface area contributed by atoms with Crippen LogP contribution >= 0.6 is 0 Å². The van der Waals surface area contributed by atoms with E-state index in [0.717, 1.165) is 17.1 Å². The number of hydrogen-bond acceptors (Lipinski definition) is 2. The molecule has 5 rings (SSSR count). The van der Waals surface area contributed by atoms with Gasteiger partial charge in [0.25, 0.3) is 5.91 Å². The predicted octanol–water partition coefficient (Wildman–Crippen LogP) is 5.29. The summed E-state index contributed by atoms with van der Waals surface area (Å²) >= 11 is 0. The van der Waals surface area contributed by atoms with Crippen molar-refractivity contribution >= 4 is 17.3 Å². The number of carbonyl (C=O) groups is 1. The van der Waals surface area contributed by atoms with E-state index in [4.69, 9.17) is 0 Å². The molecule has 1 aliphatic heterocycles. The predicted molar refractivity (Wildman–Crippen MR) is 117 cm³/mol. The molecule has 0 bridgehead atoms. The van der Waals surface area contributed by atoms with Crippen molar-refractivity contribution in [2.45, 2.75) is 6.04 Å². The van der Waals surface area contributed by atoms with Crippen molar-refractivity contribution in [1.29, 1.82) is 0 Å². The average Bonchev–Trinajstić information content (AvgIpc) is 3.34. The number of para-hydroxylation sites is 2. The minimum absolute atomic E-state index is 0.0129. The van der Waals surface area contributed by atoms with Crippen LogP contribution in [0.25, 0.3) is 5.69 Å². The van der Waals surface area contributed by atoms with Crippen molar-refractivity contribution in [1.82, 2.24) is 4.57 Å². The molecule has 4 heteroatoms. The van der Waals surface area contributed by atoms with Crippen LogP contribution in [0.3, 0.4) is 0 Å². The van der Waals surface area contributed by atoms with Gasteiger partial charge in [-0.1, -0.05) is 42.5 Å². The Kier molecular flexibility index (Phi) is 4.37. The first-order valence-corrected chi connectivity index (χ1v) is 9.75. The SMILES string of the molecule is O=C(c1ccc(-n2cccc2)cc1)N1CC(c2ccccc2)Nc2ccccc21. The van der Waals surface area contributed by atoms with Crippen molar-refractivity contribution in [2.75, 3.05) is 16.8 Å². The molecule has 142 valence electrons. The number of fused-ring (bicyclic) bond motifs is 1. The first-order chi connectivity index (χ1) is 14.3. The van der Waals surface area contributed by atoms with Gasteiger partial charge in [-0.3, -0.25) is 4.79 Å². The van der Waals surface area contributed by atoms with Gasteiger partial charge < -0.3 is 14.8 Å². The Bertz CT molecular complexity index is 1120. The minimum atomic E-state index is 0.0129. The maximum Gasteiger partial charge on any atom is 0.258 e. The number of anilines is 2. The van der Waals surface area contributed by atoms with E-state index in [1.165, 1.54) is 5.56 Å². The molecule has 0 fully saturated rings. The smallest absolute Gasteiger partial charge is 0.258 e. The van der Waals surface area contributed by atoms with E-state index >= 15 is 0 Å². The fraction of sp³-hybridized carbons (Fsp3) is 0.0800. The van der Waals surface area contributed by atoms with Gasteiger partial charge in [-0.2, -0.15) is 0 Å². The lowest BCUT2D eigenvalue weighted by Gasteiger charge is -2.36. The summed E-state index contributed by atoms with van der Waals surface area (Å²) in [5.74, 6) is 0.0129. The van der Waals surface area contributed by atoms with Gasteiger partial charge in [-0.15, -0.1) is 0 Å². The lowest BCUT2D eigenvalue weighted by molar-refractivity contribution is 0.0985. The van der Waals surface area contributed by atoms with Crippen molar-refractivity contribution < 1.29 is 4.79 Å². The number of amides is 1. The zero-order chi connectivity index (χ0) is 19.6. The number of benzene rings is 3. The van der Waals surface area contributed by atoms with Gasteiger partial charge in [0.05, 0.1) is 24.0 Å². The van der Waals surface area contributed by atoms with E-state index in [0.29, 0.717) is 12.1 Å². The number of hydrogen-bond donors (Lipinski definition) is 1. The molecule has 0 saturated carbocycles. The highest BCUT2D eigenvalue weighted by molar-refractivity contribution is 6.08. The normalized spacial score (nSPS) is 15.4. The summed E-state index contributed by atoms with van der Waals surface area (Å²) < 4.78 is 2.03. The molecule has 4 aromatic rings. The molecule has 1 amide bonds. The number of carbonyl (C=O) groups excluding carboxylic acids is 1. The van der Waals surface area contributed by atoms with Crippen LogP contribution in [0.4, 0.5) is 11.4 Å². The molecule has 0 saturated heterocycles. The Labute approximate surface area is 170 Å². The fourth-order valence-electron chi connectivity index (χ4n) is 3.85. The molecule has 1 N–H and O–H groups in total. The maximum atomic E-state index is 13.4. The molecule has 1 unspecified atom stereocenters. The van der Waals surface area contributed by atoms with Gasteiger partial charge in [0.15, 0.2) is 0 Å². The summed E-state index contributed by atoms with van der Waals surface area (Å²) in [6.07, 6.45) is 3.99. The van der Waals surface area contributed by atoms with Crippen molar-refractivity contribution in [3.05, 3.63) is 115 Å². The summed E-state index contributed by atoms with van der Waals surface area (Å²) in [6.45, 7) is 0.583. The summed E-state index contributed by atoms with van der Waals surface area (Å²) in [6, 6.07) is 30.0. The van der Waals surface area contributed by atoms with E-state index in [1.54, 1.807) is 0 Å². The number of aromatic nitrogens is 1. The third kappa shape index (κ3) is 3.29. The van der Waals surface area contributed by atoms with Crippen LogP contribution in [0.1, 0.15) is 22.0 Å². The fourth-order valence-corrected chi connectivity index (χ4v) is 3.85. The minimum Gasteiger partial charge on any atom is -0.375 e. The van der Waals surface area contributed by atoms with Crippen LogP contribution in [0.5, 0.6) is 0 Å². The van der Waals surface area contributed by atoms with E-state index < -0.39 is 0 Å². The second kappa shape index (κ2) is 7.32. The molecule has 0 aliphatic carbocycles. The highest BCUT2D eigenvalue weighted by atomic mass is 16.2. The first-order valence-electron chi connectivity index (χ1n) is 9.75. The quantitative estimate of drug-likeness (QED) is 0.525. The summed E-state index contributed by atoms with van der Waals surface area (Å²) in [7, 11) is 0. The van der Waals surface area contributed by atoms with Crippen LogP contribution in [0.2, 0.25) is 0 Å². The van der Waals surface area contributed by atoms with Crippen molar-refractivity contribution in [3.63, 3.8) is 0 Å². The maximum absolute atomic E-state index is 13.4. The number of nitrogens with one attached hydrogen (secondary N) is 1. The number of rotatable bonds is 3. The topological polar surface area (TPSA) is 37.3 Å². The third-order valence-corrected chi connectivity index (χ3v) is 5.35. The standard InChI is InChI=1S/C25H21N3O/c29-25(20-12-14-21(15-13-20)27-16-6-7-17-27)28-18-23(19-8-2-1-3-9-19)26-22-10-4-5-11-24(22)28/h1-17,23,26H,18H2. The molecular weight excluding hydrogens is 358 g/mol. The molecule has 1 atom stereocenters. The Hall–Kier alpha value is -3.79. The molecule has 2 heterocycles. The van der Waals surface area contributed by atoms with Crippen LogP contribution in [-0.2, 0) is 0 Å². The van der Waals surface area contributed by atoms with Crippen LogP contribution in [-0.4, -0.2) is 17.0 Å². The molecule has 4 nitrogen and oxygen atoms in total. The molecule has 29 heavy (non-hydrogen) atoms. The number of nitrogens with zero attached hydrogens (tertiary/aromatic N) is 2. The largest absolute Gasteiger partial charge is 0.375 e. The Morgan fingerprint density at radius 2 is 1.48 bits per heavy atom. The highest BCUT2D eigenvalue weighted by Crippen LogP contribution is 2.36. The average molecular weight is 379 g/mol. The van der Waals surface area contributed by atoms with Crippen LogP contribution in [0.15, 0.2) is 103 Å². The molecule has 3 aromatic carbocycles. The van der Waals surface area contributed by atoms with Gasteiger partial charge >= 0.3 is 0 Å². The summed E-state index contributed by atoms with van der Waals surface area (Å²) in [5.41, 5.74) is 4.78. The third-order valence-electron chi connectivity index (χ3n) is 5.35. The second-order valence-electron chi connectivity index (χ2n) is 7.18. The highest BCUT2D eigenvalue weighted by Gasteiger charge is 2.29. The van der Waals surface area contributed by atoms with Gasteiger partial charge in [0.2, 0.25) is 0 Å². The van der Waals surface area contributed by atoms with E-state index in [1.807, 2.05) is 101 Å².